The number of fused-ring (bicyclic) bond motifs is 1. The molecule has 7 heteroatoms. The number of hydrogen-bond donors (Lipinski definition) is 2. The Morgan fingerprint density at radius 3 is 2.80 bits per heavy atom. The molecule has 0 unspecified atom stereocenters. The van der Waals surface area contributed by atoms with Crippen LogP contribution in [-0.2, 0) is 0 Å². The number of benzene rings is 1. The number of nitrogens with one attached hydrogen (secondary N) is 2. The molecule has 1 amide bonds. The summed E-state index contributed by atoms with van der Waals surface area (Å²) in [6, 6.07) is 7.11. The Morgan fingerprint density at radius 2 is 2.00 bits per heavy atom. The lowest BCUT2D eigenvalue weighted by atomic mass is 10.1. The lowest BCUT2D eigenvalue weighted by molar-refractivity contribution is 0.0947. The second kappa shape index (κ2) is 7.83. The first-order chi connectivity index (χ1) is 12.1. The molecule has 7 nitrogen and oxygen atoms in total. The highest BCUT2D eigenvalue weighted by atomic mass is 16.6. The predicted molar refractivity (Wildman–Crippen MR) is 94.5 cm³/mol. The molecule has 2 N–H and O–H groups in total. The molecule has 1 aromatic heterocycles. The minimum absolute atomic E-state index is 0.201. The SMILES string of the molecule is CC(C)CCNC(=O)c1ccnc(Nc2ccc3c(c2)OCCO3)n1. The first-order valence-electron chi connectivity index (χ1n) is 8.40. The summed E-state index contributed by atoms with van der Waals surface area (Å²) in [5, 5.41) is 5.95. The van der Waals surface area contributed by atoms with E-state index in [1.54, 1.807) is 12.3 Å². The van der Waals surface area contributed by atoms with Gasteiger partial charge in [0.15, 0.2) is 11.5 Å². The molecule has 2 aromatic rings. The van der Waals surface area contributed by atoms with Crippen LogP contribution in [0.5, 0.6) is 11.5 Å². The van der Waals surface area contributed by atoms with Crippen molar-refractivity contribution in [3.8, 4) is 11.5 Å². The van der Waals surface area contributed by atoms with E-state index in [4.69, 9.17) is 9.47 Å². The number of amides is 1. The van der Waals surface area contributed by atoms with Crippen LogP contribution >= 0.6 is 0 Å². The Balaban J connectivity index is 1.66. The maximum Gasteiger partial charge on any atom is 0.270 e. The molecule has 3 rings (SSSR count). The van der Waals surface area contributed by atoms with Gasteiger partial charge in [-0.15, -0.1) is 0 Å². The Kier molecular flexibility index (Phi) is 5.33. The highest BCUT2D eigenvalue weighted by molar-refractivity contribution is 5.92. The van der Waals surface area contributed by atoms with Crippen molar-refractivity contribution in [2.24, 2.45) is 5.92 Å². The Hall–Kier alpha value is -2.83. The van der Waals surface area contributed by atoms with Gasteiger partial charge in [0.25, 0.3) is 5.91 Å². The molecule has 0 spiro atoms. The molecule has 0 radical (unpaired) electrons. The van der Waals surface area contributed by atoms with E-state index in [0.29, 0.717) is 43.1 Å². The van der Waals surface area contributed by atoms with Crippen LogP contribution < -0.4 is 20.1 Å². The maximum absolute atomic E-state index is 12.2. The number of nitrogens with zero attached hydrogens (tertiary/aromatic N) is 2. The standard InChI is InChI=1S/C18H22N4O3/c1-12(2)5-7-19-17(23)14-6-8-20-18(22-14)21-13-3-4-15-16(11-13)25-10-9-24-15/h3-4,6,8,11-12H,5,7,9-10H2,1-2H3,(H,19,23)(H,20,21,22). The minimum Gasteiger partial charge on any atom is -0.486 e. The topological polar surface area (TPSA) is 85.4 Å². The summed E-state index contributed by atoms with van der Waals surface area (Å²) in [6.45, 7) is 5.94. The number of carbonyl (C=O) groups excluding carboxylic acids is 1. The van der Waals surface area contributed by atoms with Gasteiger partial charge in [-0.05, 0) is 30.5 Å². The zero-order valence-corrected chi connectivity index (χ0v) is 14.4. The van der Waals surface area contributed by atoms with Gasteiger partial charge >= 0.3 is 0 Å². The quantitative estimate of drug-likeness (QED) is 0.840. The first-order valence-corrected chi connectivity index (χ1v) is 8.40. The van der Waals surface area contributed by atoms with Gasteiger partial charge in [0, 0.05) is 24.5 Å². The normalized spacial score (nSPS) is 12.8. The molecule has 0 atom stereocenters. The molecule has 1 aliphatic heterocycles. The van der Waals surface area contributed by atoms with E-state index < -0.39 is 0 Å². The van der Waals surface area contributed by atoms with Crippen molar-refractivity contribution in [2.75, 3.05) is 25.1 Å². The van der Waals surface area contributed by atoms with Crippen molar-refractivity contribution < 1.29 is 14.3 Å². The summed E-state index contributed by atoms with van der Waals surface area (Å²) in [4.78, 5) is 20.6. The zero-order chi connectivity index (χ0) is 17.6. The van der Waals surface area contributed by atoms with E-state index in [2.05, 4.69) is 34.4 Å². The molecular formula is C18H22N4O3. The Bertz CT molecular complexity index is 749. The van der Waals surface area contributed by atoms with Crippen molar-refractivity contribution in [3.63, 3.8) is 0 Å². The van der Waals surface area contributed by atoms with Crippen LogP contribution in [0.15, 0.2) is 30.5 Å². The molecule has 0 saturated heterocycles. The van der Waals surface area contributed by atoms with Gasteiger partial charge < -0.3 is 20.1 Å². The number of hydrogen-bond acceptors (Lipinski definition) is 6. The lowest BCUT2D eigenvalue weighted by Crippen LogP contribution is -2.26. The minimum atomic E-state index is -0.201. The zero-order valence-electron chi connectivity index (χ0n) is 14.4. The fourth-order valence-corrected chi connectivity index (χ4v) is 2.36. The third-order valence-corrected chi connectivity index (χ3v) is 3.69. The van der Waals surface area contributed by atoms with Crippen molar-refractivity contribution in [3.05, 3.63) is 36.2 Å². The van der Waals surface area contributed by atoms with Crippen LogP contribution in [0.25, 0.3) is 0 Å². The number of ether oxygens (including phenoxy) is 2. The summed E-state index contributed by atoms with van der Waals surface area (Å²) in [7, 11) is 0. The van der Waals surface area contributed by atoms with Crippen LogP contribution in [-0.4, -0.2) is 35.6 Å². The van der Waals surface area contributed by atoms with Crippen molar-refractivity contribution in [1.82, 2.24) is 15.3 Å². The largest absolute Gasteiger partial charge is 0.486 e. The summed E-state index contributed by atoms with van der Waals surface area (Å²) in [5.74, 6) is 2.09. The number of aromatic nitrogens is 2. The molecule has 0 fully saturated rings. The molecule has 1 aromatic carbocycles. The smallest absolute Gasteiger partial charge is 0.270 e. The number of anilines is 2. The van der Waals surface area contributed by atoms with E-state index in [-0.39, 0.29) is 5.91 Å². The molecule has 1 aliphatic rings. The van der Waals surface area contributed by atoms with Gasteiger partial charge in [0.05, 0.1) is 0 Å². The van der Waals surface area contributed by atoms with Gasteiger partial charge in [-0.3, -0.25) is 4.79 Å². The third kappa shape index (κ3) is 4.59. The first kappa shape index (κ1) is 17.0. The summed E-state index contributed by atoms with van der Waals surface area (Å²) >= 11 is 0. The predicted octanol–water partition coefficient (Wildman–Crippen LogP) is 2.77. The second-order valence-corrected chi connectivity index (χ2v) is 6.19. The summed E-state index contributed by atoms with van der Waals surface area (Å²) in [5.41, 5.74) is 1.10. The summed E-state index contributed by atoms with van der Waals surface area (Å²) in [6.07, 6.45) is 2.49. The van der Waals surface area contributed by atoms with Crippen molar-refractivity contribution in [1.29, 1.82) is 0 Å². The Morgan fingerprint density at radius 1 is 1.20 bits per heavy atom. The molecule has 0 aliphatic carbocycles. The highest BCUT2D eigenvalue weighted by Gasteiger charge is 2.13. The third-order valence-electron chi connectivity index (χ3n) is 3.69. The average Bonchev–Trinajstić information content (AvgIpc) is 2.61. The maximum atomic E-state index is 12.2. The Labute approximate surface area is 146 Å². The van der Waals surface area contributed by atoms with Gasteiger partial charge in [-0.1, -0.05) is 13.8 Å². The average molecular weight is 342 g/mol. The van der Waals surface area contributed by atoms with Crippen LogP contribution in [0.3, 0.4) is 0 Å². The van der Waals surface area contributed by atoms with Gasteiger partial charge in [0.1, 0.15) is 18.9 Å². The van der Waals surface area contributed by atoms with Gasteiger partial charge in [-0.25, -0.2) is 9.97 Å². The van der Waals surface area contributed by atoms with Gasteiger partial charge in [0.2, 0.25) is 5.95 Å². The van der Waals surface area contributed by atoms with E-state index in [1.165, 1.54) is 0 Å². The fourth-order valence-electron chi connectivity index (χ4n) is 2.36. The van der Waals surface area contributed by atoms with Crippen LogP contribution in [0.1, 0.15) is 30.8 Å². The van der Waals surface area contributed by atoms with Crippen LogP contribution in [0.2, 0.25) is 0 Å². The molecule has 0 bridgehead atoms. The van der Waals surface area contributed by atoms with Crippen LogP contribution in [0.4, 0.5) is 11.6 Å². The molecule has 0 saturated carbocycles. The molecule has 25 heavy (non-hydrogen) atoms. The molecule has 132 valence electrons. The number of rotatable bonds is 6. The number of carbonyl (C=O) groups is 1. The van der Waals surface area contributed by atoms with E-state index in [9.17, 15) is 4.79 Å². The fraction of sp³-hybridized carbons (Fsp3) is 0.389. The second-order valence-electron chi connectivity index (χ2n) is 6.19. The van der Waals surface area contributed by atoms with Crippen LogP contribution in [0, 0.1) is 5.92 Å². The molecular weight excluding hydrogens is 320 g/mol. The highest BCUT2D eigenvalue weighted by Crippen LogP contribution is 2.33. The van der Waals surface area contributed by atoms with E-state index in [0.717, 1.165) is 17.9 Å². The van der Waals surface area contributed by atoms with E-state index >= 15 is 0 Å². The summed E-state index contributed by atoms with van der Waals surface area (Å²) < 4.78 is 11.1. The molecule has 2 heterocycles. The van der Waals surface area contributed by atoms with E-state index in [1.807, 2.05) is 18.2 Å². The van der Waals surface area contributed by atoms with Crippen molar-refractivity contribution >= 4 is 17.5 Å². The monoisotopic (exact) mass is 342 g/mol. The van der Waals surface area contributed by atoms with Crippen molar-refractivity contribution in [2.45, 2.75) is 20.3 Å². The van der Waals surface area contributed by atoms with Gasteiger partial charge in [-0.2, -0.15) is 0 Å². The lowest BCUT2D eigenvalue weighted by Gasteiger charge is -2.19.